The number of hydrogen-bond donors (Lipinski definition) is 1. The van der Waals surface area contributed by atoms with Gasteiger partial charge in [0.25, 0.3) is 0 Å². The number of fused-ring (bicyclic) bond motifs is 1. The molecule has 0 spiro atoms. The van der Waals surface area contributed by atoms with Crippen LogP contribution >= 0.6 is 0 Å². The molecule has 1 fully saturated rings. The largest absolute Gasteiger partial charge is 0.436 e. The van der Waals surface area contributed by atoms with E-state index in [1.54, 1.807) is 0 Å². The highest BCUT2D eigenvalue weighted by atomic mass is 16.3. The standard InChI is InChI=1S/C17H14N2O2/c20-16(11-6-7-11)18-13-8-9-14-15(10-13)21-17(19-14)12-4-2-1-3-5-12/h1-5,8-11H,6-7H2,(H,18,20). The summed E-state index contributed by atoms with van der Waals surface area (Å²) < 4.78 is 5.79. The maximum Gasteiger partial charge on any atom is 0.227 e. The van der Waals surface area contributed by atoms with Gasteiger partial charge < -0.3 is 9.73 Å². The number of oxazole rings is 1. The summed E-state index contributed by atoms with van der Waals surface area (Å²) in [5.74, 6) is 0.878. The van der Waals surface area contributed by atoms with E-state index in [2.05, 4.69) is 10.3 Å². The number of amides is 1. The van der Waals surface area contributed by atoms with E-state index < -0.39 is 0 Å². The van der Waals surface area contributed by atoms with E-state index in [4.69, 9.17) is 4.42 Å². The summed E-state index contributed by atoms with van der Waals surface area (Å²) >= 11 is 0. The minimum atomic E-state index is 0.0946. The Morgan fingerprint density at radius 3 is 2.71 bits per heavy atom. The molecule has 1 amide bonds. The molecule has 21 heavy (non-hydrogen) atoms. The zero-order valence-electron chi connectivity index (χ0n) is 11.4. The molecule has 3 aromatic rings. The average Bonchev–Trinajstić information content (AvgIpc) is 3.28. The van der Waals surface area contributed by atoms with Crippen LogP contribution in [-0.2, 0) is 4.79 Å². The smallest absolute Gasteiger partial charge is 0.227 e. The number of rotatable bonds is 3. The van der Waals surface area contributed by atoms with Gasteiger partial charge in [-0.15, -0.1) is 0 Å². The van der Waals surface area contributed by atoms with Crippen molar-refractivity contribution in [3.63, 3.8) is 0 Å². The van der Waals surface area contributed by atoms with Gasteiger partial charge >= 0.3 is 0 Å². The zero-order valence-corrected chi connectivity index (χ0v) is 11.4. The summed E-state index contributed by atoms with van der Waals surface area (Å²) in [7, 11) is 0. The van der Waals surface area contributed by atoms with E-state index in [1.807, 2.05) is 48.5 Å². The van der Waals surface area contributed by atoms with Crippen LogP contribution in [0.25, 0.3) is 22.6 Å². The number of nitrogens with zero attached hydrogens (tertiary/aromatic N) is 1. The highest BCUT2D eigenvalue weighted by Crippen LogP contribution is 2.31. The van der Waals surface area contributed by atoms with E-state index in [0.29, 0.717) is 11.5 Å². The average molecular weight is 278 g/mol. The first-order valence-corrected chi connectivity index (χ1v) is 7.06. The number of benzene rings is 2. The van der Waals surface area contributed by atoms with Crippen LogP contribution in [0.3, 0.4) is 0 Å². The lowest BCUT2D eigenvalue weighted by atomic mass is 10.2. The quantitative estimate of drug-likeness (QED) is 0.791. The molecule has 0 saturated heterocycles. The number of anilines is 1. The fourth-order valence-corrected chi connectivity index (χ4v) is 2.30. The second-order valence-electron chi connectivity index (χ2n) is 5.33. The molecule has 1 saturated carbocycles. The number of aromatic nitrogens is 1. The lowest BCUT2D eigenvalue weighted by Gasteiger charge is -2.02. The Morgan fingerprint density at radius 2 is 1.95 bits per heavy atom. The molecule has 4 nitrogen and oxygen atoms in total. The minimum absolute atomic E-state index is 0.0946. The third-order valence-corrected chi connectivity index (χ3v) is 3.62. The number of nitrogens with one attached hydrogen (secondary N) is 1. The molecule has 0 bridgehead atoms. The van der Waals surface area contributed by atoms with Crippen molar-refractivity contribution in [2.24, 2.45) is 5.92 Å². The maximum atomic E-state index is 11.8. The summed E-state index contributed by atoms with van der Waals surface area (Å²) in [6.07, 6.45) is 1.99. The molecule has 2 aromatic carbocycles. The van der Waals surface area contributed by atoms with E-state index in [9.17, 15) is 4.79 Å². The van der Waals surface area contributed by atoms with E-state index >= 15 is 0 Å². The predicted octanol–water partition coefficient (Wildman–Crippen LogP) is 3.84. The molecule has 1 aliphatic rings. The zero-order chi connectivity index (χ0) is 14.2. The van der Waals surface area contributed by atoms with Crippen LogP contribution in [0.1, 0.15) is 12.8 Å². The van der Waals surface area contributed by atoms with Crippen molar-refractivity contribution in [2.45, 2.75) is 12.8 Å². The fourth-order valence-electron chi connectivity index (χ4n) is 2.30. The van der Waals surface area contributed by atoms with Gasteiger partial charge in [0.05, 0.1) is 0 Å². The predicted molar refractivity (Wildman–Crippen MR) is 80.8 cm³/mol. The van der Waals surface area contributed by atoms with Crippen molar-refractivity contribution >= 4 is 22.7 Å². The Morgan fingerprint density at radius 1 is 1.14 bits per heavy atom. The molecule has 1 aliphatic carbocycles. The fraction of sp³-hybridized carbons (Fsp3) is 0.176. The summed E-state index contributed by atoms with van der Waals surface area (Å²) in [6.45, 7) is 0. The van der Waals surface area contributed by atoms with Gasteiger partial charge in [0.2, 0.25) is 11.8 Å². The Hall–Kier alpha value is -2.62. The van der Waals surface area contributed by atoms with Gasteiger partial charge in [-0.1, -0.05) is 18.2 Å². The molecule has 0 radical (unpaired) electrons. The lowest BCUT2D eigenvalue weighted by Crippen LogP contribution is -2.12. The summed E-state index contributed by atoms with van der Waals surface area (Å²) in [5, 5.41) is 2.92. The second kappa shape index (κ2) is 4.74. The first-order chi connectivity index (χ1) is 10.3. The maximum absolute atomic E-state index is 11.8. The van der Waals surface area contributed by atoms with Gasteiger partial charge in [0, 0.05) is 23.2 Å². The molecular weight excluding hydrogens is 264 g/mol. The lowest BCUT2D eigenvalue weighted by molar-refractivity contribution is -0.117. The topological polar surface area (TPSA) is 55.1 Å². The van der Waals surface area contributed by atoms with Crippen molar-refractivity contribution in [3.05, 3.63) is 48.5 Å². The van der Waals surface area contributed by atoms with Crippen molar-refractivity contribution in [3.8, 4) is 11.5 Å². The van der Waals surface area contributed by atoms with Crippen molar-refractivity contribution in [1.82, 2.24) is 4.98 Å². The van der Waals surface area contributed by atoms with Crippen LogP contribution in [0.5, 0.6) is 0 Å². The molecule has 4 heteroatoms. The number of carbonyl (C=O) groups is 1. The molecule has 1 aromatic heterocycles. The van der Waals surface area contributed by atoms with Gasteiger partial charge in [-0.2, -0.15) is 0 Å². The SMILES string of the molecule is O=C(Nc1ccc2nc(-c3ccccc3)oc2c1)C1CC1. The monoisotopic (exact) mass is 278 g/mol. The summed E-state index contributed by atoms with van der Waals surface area (Å²) in [4.78, 5) is 16.3. The molecule has 0 atom stereocenters. The highest BCUT2D eigenvalue weighted by Gasteiger charge is 2.29. The van der Waals surface area contributed by atoms with E-state index in [-0.39, 0.29) is 11.8 Å². The van der Waals surface area contributed by atoms with Gasteiger partial charge in [-0.05, 0) is 37.1 Å². The van der Waals surface area contributed by atoms with Crippen LogP contribution in [-0.4, -0.2) is 10.9 Å². The van der Waals surface area contributed by atoms with Gasteiger partial charge in [-0.3, -0.25) is 4.79 Å². The molecule has 0 aliphatic heterocycles. The number of carbonyl (C=O) groups excluding carboxylic acids is 1. The minimum Gasteiger partial charge on any atom is -0.436 e. The van der Waals surface area contributed by atoms with Crippen LogP contribution in [0.4, 0.5) is 5.69 Å². The Kier molecular flexibility index (Phi) is 2.74. The third kappa shape index (κ3) is 2.40. The van der Waals surface area contributed by atoms with Crippen molar-refractivity contribution < 1.29 is 9.21 Å². The molecular formula is C17H14N2O2. The highest BCUT2D eigenvalue weighted by molar-refractivity contribution is 5.95. The molecule has 1 N–H and O–H groups in total. The van der Waals surface area contributed by atoms with Crippen molar-refractivity contribution in [2.75, 3.05) is 5.32 Å². The summed E-state index contributed by atoms with van der Waals surface area (Å²) in [5.41, 5.74) is 3.17. The van der Waals surface area contributed by atoms with Crippen LogP contribution in [0.2, 0.25) is 0 Å². The first kappa shape index (κ1) is 12.1. The third-order valence-electron chi connectivity index (χ3n) is 3.62. The van der Waals surface area contributed by atoms with E-state index in [1.165, 1.54) is 0 Å². The van der Waals surface area contributed by atoms with E-state index in [0.717, 1.165) is 29.6 Å². The molecule has 104 valence electrons. The van der Waals surface area contributed by atoms with Crippen LogP contribution in [0, 0.1) is 5.92 Å². The summed E-state index contributed by atoms with van der Waals surface area (Å²) in [6, 6.07) is 15.3. The second-order valence-corrected chi connectivity index (χ2v) is 5.33. The molecule has 1 heterocycles. The molecule has 0 unspecified atom stereocenters. The van der Waals surface area contributed by atoms with Crippen molar-refractivity contribution in [1.29, 1.82) is 0 Å². The van der Waals surface area contributed by atoms with Gasteiger partial charge in [0.1, 0.15) is 5.52 Å². The normalized spacial score (nSPS) is 14.3. The molecule has 4 rings (SSSR count). The van der Waals surface area contributed by atoms with Gasteiger partial charge in [0.15, 0.2) is 5.58 Å². The Labute approximate surface area is 121 Å². The van der Waals surface area contributed by atoms with Crippen LogP contribution in [0.15, 0.2) is 52.9 Å². The first-order valence-electron chi connectivity index (χ1n) is 7.06. The van der Waals surface area contributed by atoms with Crippen LogP contribution < -0.4 is 5.32 Å². The van der Waals surface area contributed by atoms with Gasteiger partial charge in [-0.25, -0.2) is 4.98 Å². The Balaban J connectivity index is 1.66. The number of hydrogen-bond acceptors (Lipinski definition) is 3. The Bertz CT molecular complexity index is 804.